The van der Waals surface area contributed by atoms with Gasteiger partial charge in [0, 0.05) is 31.5 Å². The van der Waals surface area contributed by atoms with Gasteiger partial charge in [0.25, 0.3) is 5.91 Å². The lowest BCUT2D eigenvalue weighted by atomic mass is 10.1. The maximum atomic E-state index is 12.0. The fourth-order valence-corrected chi connectivity index (χ4v) is 2.33. The average Bonchev–Trinajstić information content (AvgIpc) is 2.80. The van der Waals surface area contributed by atoms with Crippen molar-refractivity contribution in [3.05, 3.63) is 17.0 Å². The SMILES string of the molecule is COCCNC(=O)NC(=O)COC(=O)Cc1c(C)nn(CC(C)C)c1C. The molecule has 0 aliphatic carbocycles. The molecule has 26 heavy (non-hydrogen) atoms. The van der Waals surface area contributed by atoms with Gasteiger partial charge in [0.15, 0.2) is 6.61 Å². The molecule has 1 aromatic rings. The van der Waals surface area contributed by atoms with Gasteiger partial charge >= 0.3 is 12.0 Å². The second-order valence-electron chi connectivity index (χ2n) is 6.36. The van der Waals surface area contributed by atoms with E-state index in [1.54, 1.807) is 0 Å². The molecule has 1 rings (SSSR count). The Morgan fingerprint density at radius 1 is 1.23 bits per heavy atom. The van der Waals surface area contributed by atoms with E-state index in [2.05, 4.69) is 29.6 Å². The maximum Gasteiger partial charge on any atom is 0.321 e. The van der Waals surface area contributed by atoms with Crippen LogP contribution in [0.3, 0.4) is 0 Å². The first kappa shape index (κ1) is 21.6. The highest BCUT2D eigenvalue weighted by molar-refractivity contribution is 5.95. The second-order valence-corrected chi connectivity index (χ2v) is 6.36. The minimum atomic E-state index is -0.697. The Hall–Kier alpha value is -2.42. The molecule has 1 aromatic heterocycles. The molecule has 1 heterocycles. The van der Waals surface area contributed by atoms with Gasteiger partial charge < -0.3 is 14.8 Å². The van der Waals surface area contributed by atoms with Gasteiger partial charge in [-0.1, -0.05) is 13.8 Å². The Morgan fingerprint density at radius 2 is 1.92 bits per heavy atom. The van der Waals surface area contributed by atoms with Crippen molar-refractivity contribution in [2.75, 3.05) is 26.9 Å². The minimum Gasteiger partial charge on any atom is -0.455 e. The third-order valence-electron chi connectivity index (χ3n) is 3.60. The molecule has 146 valence electrons. The van der Waals surface area contributed by atoms with E-state index in [0.717, 1.165) is 23.5 Å². The van der Waals surface area contributed by atoms with Crippen molar-refractivity contribution in [1.29, 1.82) is 0 Å². The van der Waals surface area contributed by atoms with Crippen LogP contribution in [0.4, 0.5) is 4.79 Å². The third kappa shape index (κ3) is 7.22. The lowest BCUT2D eigenvalue weighted by Crippen LogP contribution is -2.42. The molecule has 0 aliphatic rings. The van der Waals surface area contributed by atoms with Crippen molar-refractivity contribution >= 4 is 17.9 Å². The monoisotopic (exact) mass is 368 g/mol. The highest BCUT2D eigenvalue weighted by Gasteiger charge is 2.17. The van der Waals surface area contributed by atoms with E-state index in [-0.39, 0.29) is 13.0 Å². The number of imide groups is 1. The van der Waals surface area contributed by atoms with Crippen LogP contribution in [0.1, 0.15) is 30.8 Å². The summed E-state index contributed by atoms with van der Waals surface area (Å²) >= 11 is 0. The molecule has 0 radical (unpaired) electrons. The molecule has 0 spiro atoms. The van der Waals surface area contributed by atoms with Gasteiger partial charge in [-0.3, -0.25) is 19.6 Å². The summed E-state index contributed by atoms with van der Waals surface area (Å²) in [6.07, 6.45) is 0.0308. The van der Waals surface area contributed by atoms with Gasteiger partial charge in [0.1, 0.15) is 0 Å². The number of hydrogen-bond donors (Lipinski definition) is 2. The highest BCUT2D eigenvalue weighted by Crippen LogP contribution is 2.15. The van der Waals surface area contributed by atoms with Crippen LogP contribution >= 0.6 is 0 Å². The van der Waals surface area contributed by atoms with Gasteiger partial charge in [-0.25, -0.2) is 4.79 Å². The van der Waals surface area contributed by atoms with Crippen molar-refractivity contribution in [3.63, 3.8) is 0 Å². The normalized spacial score (nSPS) is 10.7. The molecule has 0 aliphatic heterocycles. The molecule has 3 amide bonds. The van der Waals surface area contributed by atoms with E-state index in [9.17, 15) is 14.4 Å². The van der Waals surface area contributed by atoms with E-state index in [4.69, 9.17) is 9.47 Å². The second kappa shape index (κ2) is 10.5. The molecular formula is C17H28N4O5. The molecule has 0 atom stereocenters. The number of hydrogen-bond acceptors (Lipinski definition) is 6. The first-order chi connectivity index (χ1) is 12.2. The Labute approximate surface area is 153 Å². The largest absolute Gasteiger partial charge is 0.455 e. The van der Waals surface area contributed by atoms with Crippen molar-refractivity contribution in [1.82, 2.24) is 20.4 Å². The smallest absolute Gasteiger partial charge is 0.321 e. The molecule has 9 heteroatoms. The maximum absolute atomic E-state index is 12.0. The van der Waals surface area contributed by atoms with E-state index in [1.807, 2.05) is 18.5 Å². The Morgan fingerprint density at radius 3 is 2.54 bits per heavy atom. The molecule has 0 saturated heterocycles. The number of aromatic nitrogens is 2. The van der Waals surface area contributed by atoms with Crippen molar-refractivity contribution < 1.29 is 23.9 Å². The molecule has 2 N–H and O–H groups in total. The summed E-state index contributed by atoms with van der Waals surface area (Å²) in [5.74, 6) is -0.806. The number of nitrogens with one attached hydrogen (secondary N) is 2. The molecule has 0 aromatic carbocycles. The topological polar surface area (TPSA) is 112 Å². The van der Waals surface area contributed by atoms with E-state index in [0.29, 0.717) is 12.5 Å². The molecular weight excluding hydrogens is 340 g/mol. The van der Waals surface area contributed by atoms with E-state index in [1.165, 1.54) is 7.11 Å². The zero-order valence-corrected chi connectivity index (χ0v) is 16.0. The number of carbonyl (C=O) groups excluding carboxylic acids is 3. The number of carbonyl (C=O) groups is 3. The predicted octanol–water partition coefficient (Wildman–Crippen LogP) is 0.714. The first-order valence-corrected chi connectivity index (χ1v) is 8.49. The summed E-state index contributed by atoms with van der Waals surface area (Å²) in [5.41, 5.74) is 2.48. The quantitative estimate of drug-likeness (QED) is 0.491. The first-order valence-electron chi connectivity index (χ1n) is 8.49. The number of esters is 1. The van der Waals surface area contributed by atoms with Crippen LogP contribution in [-0.2, 0) is 32.0 Å². The van der Waals surface area contributed by atoms with Gasteiger partial charge in [0.2, 0.25) is 0 Å². The Bertz CT molecular complexity index is 639. The van der Waals surface area contributed by atoms with Crippen LogP contribution in [0, 0.1) is 19.8 Å². The molecule has 0 bridgehead atoms. The van der Waals surface area contributed by atoms with Crippen LogP contribution < -0.4 is 10.6 Å². The predicted molar refractivity (Wildman–Crippen MR) is 94.6 cm³/mol. The summed E-state index contributed by atoms with van der Waals surface area (Å²) in [6, 6.07) is -0.662. The highest BCUT2D eigenvalue weighted by atomic mass is 16.5. The van der Waals surface area contributed by atoms with E-state index < -0.39 is 24.5 Å². The van der Waals surface area contributed by atoms with Crippen LogP contribution in [0.2, 0.25) is 0 Å². The average molecular weight is 368 g/mol. The number of nitrogens with zero attached hydrogens (tertiary/aromatic N) is 2. The fraction of sp³-hybridized carbons (Fsp3) is 0.647. The van der Waals surface area contributed by atoms with E-state index >= 15 is 0 Å². The lowest BCUT2D eigenvalue weighted by molar-refractivity contribution is -0.147. The van der Waals surface area contributed by atoms with Crippen LogP contribution in [0.25, 0.3) is 0 Å². The van der Waals surface area contributed by atoms with Crippen molar-refractivity contribution in [2.24, 2.45) is 5.92 Å². The van der Waals surface area contributed by atoms with Gasteiger partial charge in [-0.05, 0) is 19.8 Å². The summed E-state index contributed by atoms with van der Waals surface area (Å²) in [5, 5.41) is 8.94. The molecule has 9 nitrogen and oxygen atoms in total. The number of aryl methyl sites for hydroxylation is 1. The summed E-state index contributed by atoms with van der Waals surface area (Å²) in [4.78, 5) is 35.0. The number of amides is 3. The van der Waals surface area contributed by atoms with Gasteiger partial charge in [-0.2, -0.15) is 5.10 Å². The van der Waals surface area contributed by atoms with Crippen LogP contribution in [-0.4, -0.2) is 54.6 Å². The van der Waals surface area contributed by atoms with Crippen molar-refractivity contribution in [2.45, 2.75) is 40.7 Å². The lowest BCUT2D eigenvalue weighted by Gasteiger charge is -2.08. The van der Waals surface area contributed by atoms with Crippen LogP contribution in [0.5, 0.6) is 0 Å². The Kier molecular flexibility index (Phi) is 8.77. The summed E-state index contributed by atoms with van der Waals surface area (Å²) < 4.78 is 11.6. The van der Waals surface area contributed by atoms with Gasteiger partial charge in [0.05, 0.1) is 18.7 Å². The third-order valence-corrected chi connectivity index (χ3v) is 3.60. The molecule has 0 unspecified atom stereocenters. The Balaban J connectivity index is 2.46. The summed E-state index contributed by atoms with van der Waals surface area (Å²) in [7, 11) is 1.50. The zero-order chi connectivity index (χ0) is 19.7. The minimum absolute atomic E-state index is 0.0308. The fourth-order valence-electron chi connectivity index (χ4n) is 2.33. The summed E-state index contributed by atoms with van der Waals surface area (Å²) in [6.45, 7) is 8.78. The van der Waals surface area contributed by atoms with Gasteiger partial charge in [-0.15, -0.1) is 0 Å². The number of rotatable bonds is 9. The molecule has 0 saturated carbocycles. The standard InChI is InChI=1S/C17H28N4O5/c1-11(2)9-21-13(4)14(12(3)20-21)8-16(23)26-10-15(22)19-17(24)18-6-7-25-5/h11H,6-10H2,1-5H3,(H2,18,19,22,24). The van der Waals surface area contributed by atoms with Crippen molar-refractivity contribution in [3.8, 4) is 0 Å². The van der Waals surface area contributed by atoms with Crippen LogP contribution in [0.15, 0.2) is 0 Å². The number of urea groups is 1. The molecule has 0 fully saturated rings. The number of ether oxygens (including phenoxy) is 2. The zero-order valence-electron chi connectivity index (χ0n) is 16.0. The number of methoxy groups -OCH3 is 1.